The molecule has 2 atom stereocenters. The molecule has 2 aromatic heterocycles. The van der Waals surface area contributed by atoms with Crippen LogP contribution in [0.15, 0.2) is 85.6 Å². The predicted octanol–water partition coefficient (Wildman–Crippen LogP) is 5.56. The molecule has 2 aromatic carbocycles. The van der Waals surface area contributed by atoms with Crippen LogP contribution in [0.4, 0.5) is 5.82 Å². The van der Waals surface area contributed by atoms with Crippen LogP contribution in [-0.2, 0) is 6.54 Å². The molecular weight excluding hydrogens is 454 g/mol. The van der Waals surface area contributed by atoms with E-state index in [4.69, 9.17) is 11.5 Å². The number of aromatic hydroxyl groups is 1. The number of aromatic nitrogens is 1. The number of thiophene rings is 1. The van der Waals surface area contributed by atoms with E-state index in [1.807, 2.05) is 48.7 Å². The summed E-state index contributed by atoms with van der Waals surface area (Å²) in [5.41, 5.74) is 16.9. The number of rotatable bonds is 6. The van der Waals surface area contributed by atoms with Gasteiger partial charge in [-0.25, -0.2) is 9.99 Å². The zero-order valence-corrected chi connectivity index (χ0v) is 20.4. The number of benzene rings is 2. The number of phenolic OH excluding ortho intramolecular Hbond substituents is 1. The third kappa shape index (κ3) is 4.30. The molecule has 35 heavy (non-hydrogen) atoms. The van der Waals surface area contributed by atoms with Gasteiger partial charge in [0.1, 0.15) is 11.6 Å². The highest BCUT2D eigenvalue weighted by atomic mass is 32.1. The van der Waals surface area contributed by atoms with Crippen LogP contribution in [0.2, 0.25) is 0 Å². The molecule has 1 fully saturated rings. The van der Waals surface area contributed by atoms with Gasteiger partial charge in [0.2, 0.25) is 0 Å². The van der Waals surface area contributed by atoms with Crippen LogP contribution in [0.3, 0.4) is 0 Å². The normalized spacial score (nSPS) is 18.2. The minimum atomic E-state index is -0.0851. The second kappa shape index (κ2) is 9.54. The van der Waals surface area contributed by atoms with Crippen molar-refractivity contribution >= 4 is 22.9 Å². The number of phenols is 1. The summed E-state index contributed by atoms with van der Waals surface area (Å²) >= 11 is 1.70. The van der Waals surface area contributed by atoms with Crippen molar-refractivity contribution in [1.29, 1.82) is 0 Å². The average Bonchev–Trinajstić information content (AvgIpc) is 3.50. The van der Waals surface area contributed by atoms with E-state index in [1.54, 1.807) is 17.4 Å². The van der Waals surface area contributed by atoms with E-state index in [-0.39, 0.29) is 17.8 Å². The van der Waals surface area contributed by atoms with E-state index in [0.717, 1.165) is 44.1 Å². The summed E-state index contributed by atoms with van der Waals surface area (Å²) in [6.07, 6.45) is 2.60. The fourth-order valence-electron chi connectivity index (χ4n) is 4.90. The smallest absolute Gasteiger partial charge is 0.123 e. The highest BCUT2D eigenvalue weighted by Gasteiger charge is 2.41. The van der Waals surface area contributed by atoms with E-state index >= 15 is 0 Å². The van der Waals surface area contributed by atoms with E-state index in [0.29, 0.717) is 12.4 Å². The molecule has 3 heterocycles. The van der Waals surface area contributed by atoms with Gasteiger partial charge in [-0.1, -0.05) is 55.1 Å². The standard InChI is InChI=1S/C28H29N5OS/c1-18(26-12-13-27(35-26)21-8-4-3-7-19(21)16-29)33-24(22-9-5-6-10-25(22)34)15-23(32(33)2)20-11-14-28(30)31-17-20/h3-14,17,23-24,34H,1,15-16,29H2,2H3,(H2,30,31). The van der Waals surface area contributed by atoms with Crippen molar-refractivity contribution in [3.05, 3.63) is 107 Å². The van der Waals surface area contributed by atoms with E-state index < -0.39 is 0 Å². The van der Waals surface area contributed by atoms with Crippen molar-refractivity contribution in [2.45, 2.75) is 25.0 Å². The van der Waals surface area contributed by atoms with Crippen LogP contribution in [0, 0.1) is 0 Å². The van der Waals surface area contributed by atoms with Gasteiger partial charge >= 0.3 is 0 Å². The first-order chi connectivity index (χ1) is 17.0. The number of nitrogens with zero attached hydrogens (tertiary/aromatic N) is 3. The molecule has 178 valence electrons. The van der Waals surface area contributed by atoms with Crippen molar-refractivity contribution in [2.75, 3.05) is 12.8 Å². The largest absolute Gasteiger partial charge is 0.508 e. The maximum Gasteiger partial charge on any atom is 0.123 e. The van der Waals surface area contributed by atoms with Crippen molar-refractivity contribution in [1.82, 2.24) is 15.0 Å². The number of hydrogen-bond donors (Lipinski definition) is 3. The molecule has 0 aliphatic carbocycles. The van der Waals surface area contributed by atoms with Gasteiger partial charge in [-0.05, 0) is 47.4 Å². The molecule has 0 saturated carbocycles. The summed E-state index contributed by atoms with van der Waals surface area (Å²) in [7, 11) is 2.06. The van der Waals surface area contributed by atoms with Crippen LogP contribution >= 0.6 is 11.3 Å². The molecule has 0 amide bonds. The Morgan fingerprint density at radius 2 is 1.83 bits per heavy atom. The molecule has 4 aromatic rings. The summed E-state index contributed by atoms with van der Waals surface area (Å²) in [6, 6.07) is 23.8. The molecule has 7 heteroatoms. The zero-order valence-electron chi connectivity index (χ0n) is 19.6. The van der Waals surface area contributed by atoms with Gasteiger partial charge < -0.3 is 16.6 Å². The van der Waals surface area contributed by atoms with Crippen molar-refractivity contribution < 1.29 is 5.11 Å². The van der Waals surface area contributed by atoms with Gasteiger partial charge in [0, 0.05) is 30.2 Å². The Morgan fingerprint density at radius 1 is 1.06 bits per heavy atom. The lowest BCUT2D eigenvalue weighted by Crippen LogP contribution is -2.34. The molecular formula is C28H29N5OS. The maximum atomic E-state index is 10.7. The Balaban J connectivity index is 1.52. The quantitative estimate of drug-likeness (QED) is 0.332. The first-order valence-corrected chi connectivity index (χ1v) is 12.4. The van der Waals surface area contributed by atoms with Crippen molar-refractivity contribution in [3.63, 3.8) is 0 Å². The number of hydrogen-bond acceptors (Lipinski definition) is 7. The molecule has 6 nitrogen and oxygen atoms in total. The molecule has 0 bridgehead atoms. The van der Waals surface area contributed by atoms with Gasteiger partial charge in [-0.15, -0.1) is 11.3 Å². The Bertz CT molecular complexity index is 1350. The van der Waals surface area contributed by atoms with Gasteiger partial charge in [-0.3, -0.25) is 5.01 Å². The Labute approximate surface area is 209 Å². The highest BCUT2D eigenvalue weighted by Crippen LogP contribution is 2.49. The first-order valence-electron chi connectivity index (χ1n) is 11.6. The highest BCUT2D eigenvalue weighted by molar-refractivity contribution is 7.16. The fraction of sp³-hybridized carbons (Fsp3) is 0.179. The molecule has 5 N–H and O–H groups in total. The fourth-order valence-corrected chi connectivity index (χ4v) is 5.92. The molecule has 2 unspecified atom stereocenters. The third-order valence-electron chi connectivity index (χ3n) is 6.69. The topological polar surface area (TPSA) is 91.6 Å². The molecule has 1 saturated heterocycles. The molecule has 1 aliphatic rings. The molecule has 5 rings (SSSR count). The van der Waals surface area contributed by atoms with Gasteiger partial charge in [0.25, 0.3) is 0 Å². The van der Waals surface area contributed by atoms with E-state index in [2.05, 4.69) is 52.9 Å². The molecule has 0 radical (unpaired) electrons. The lowest BCUT2D eigenvalue weighted by Gasteiger charge is -2.35. The zero-order chi connectivity index (χ0) is 24.5. The van der Waals surface area contributed by atoms with Gasteiger partial charge in [-0.2, -0.15) is 0 Å². The minimum Gasteiger partial charge on any atom is -0.508 e. The SMILES string of the molecule is C=C(c1ccc(-c2ccccc2CN)s1)N1C(c2ccccc2O)CC(c2ccc(N)nc2)N1C. The van der Waals surface area contributed by atoms with E-state index in [1.165, 1.54) is 0 Å². The summed E-state index contributed by atoms with van der Waals surface area (Å²) in [6.45, 7) is 5.00. The predicted molar refractivity (Wildman–Crippen MR) is 143 cm³/mol. The summed E-state index contributed by atoms with van der Waals surface area (Å²) in [5.74, 6) is 0.778. The lowest BCUT2D eigenvalue weighted by molar-refractivity contribution is 0.0625. The number of nitrogen functional groups attached to an aromatic ring is 1. The van der Waals surface area contributed by atoms with Crippen LogP contribution in [0.25, 0.3) is 16.1 Å². The Morgan fingerprint density at radius 3 is 2.57 bits per heavy atom. The van der Waals surface area contributed by atoms with Crippen LogP contribution in [-0.4, -0.2) is 27.2 Å². The molecule has 0 spiro atoms. The second-order valence-electron chi connectivity index (χ2n) is 8.73. The monoisotopic (exact) mass is 483 g/mol. The summed E-state index contributed by atoms with van der Waals surface area (Å²) in [4.78, 5) is 6.53. The first kappa shape index (κ1) is 23.1. The number of hydrazine groups is 1. The van der Waals surface area contributed by atoms with Crippen LogP contribution in [0.5, 0.6) is 5.75 Å². The second-order valence-corrected chi connectivity index (χ2v) is 9.82. The van der Waals surface area contributed by atoms with Gasteiger partial charge in [0.15, 0.2) is 0 Å². The number of para-hydroxylation sites is 1. The minimum absolute atomic E-state index is 0.0573. The van der Waals surface area contributed by atoms with Crippen molar-refractivity contribution in [2.24, 2.45) is 5.73 Å². The van der Waals surface area contributed by atoms with Crippen molar-refractivity contribution in [3.8, 4) is 16.2 Å². The number of pyridine rings is 1. The summed E-state index contributed by atoms with van der Waals surface area (Å²) in [5, 5.41) is 15.1. The van der Waals surface area contributed by atoms with Gasteiger partial charge in [0.05, 0.1) is 22.7 Å². The average molecular weight is 484 g/mol. The lowest BCUT2D eigenvalue weighted by atomic mass is 9.97. The van der Waals surface area contributed by atoms with E-state index in [9.17, 15) is 5.11 Å². The molecule has 1 aliphatic heterocycles. The number of anilines is 1. The Hall–Kier alpha value is -3.65. The summed E-state index contributed by atoms with van der Waals surface area (Å²) < 4.78 is 0. The number of nitrogens with two attached hydrogens (primary N) is 2. The van der Waals surface area contributed by atoms with Crippen LogP contribution < -0.4 is 11.5 Å². The van der Waals surface area contributed by atoms with Crippen LogP contribution in [0.1, 0.15) is 40.1 Å². The Kier molecular flexibility index (Phi) is 6.30. The maximum absolute atomic E-state index is 10.7. The third-order valence-corrected chi connectivity index (χ3v) is 7.86.